The lowest BCUT2D eigenvalue weighted by atomic mass is 10.2. The standard InChI is InChI=1S/C15H28OSi/c1-13(2)12-14(3)10-9-11-16-17(7,8)15(4,5)6/h9-10,12H,1,11H2,2-8H3/b10-9+,14-12+. The molecule has 0 saturated heterocycles. The third-order valence-electron chi connectivity index (χ3n) is 3.20. The second-order valence-electron chi connectivity index (χ2n) is 6.21. The highest BCUT2D eigenvalue weighted by atomic mass is 28.4. The van der Waals surface area contributed by atoms with E-state index in [0.29, 0.717) is 6.61 Å². The van der Waals surface area contributed by atoms with E-state index in [-0.39, 0.29) is 5.04 Å². The van der Waals surface area contributed by atoms with E-state index in [1.165, 1.54) is 5.57 Å². The van der Waals surface area contributed by atoms with Gasteiger partial charge in [0.15, 0.2) is 8.32 Å². The normalized spacial score (nSPS) is 14.4. The summed E-state index contributed by atoms with van der Waals surface area (Å²) in [6, 6.07) is 0. The molecule has 0 saturated carbocycles. The molecule has 0 rings (SSSR count). The van der Waals surface area contributed by atoms with E-state index >= 15 is 0 Å². The van der Waals surface area contributed by atoms with E-state index < -0.39 is 8.32 Å². The second-order valence-corrected chi connectivity index (χ2v) is 11.0. The summed E-state index contributed by atoms with van der Waals surface area (Å²) in [7, 11) is -1.60. The van der Waals surface area contributed by atoms with Crippen LogP contribution in [0.4, 0.5) is 0 Å². The van der Waals surface area contributed by atoms with Crippen LogP contribution >= 0.6 is 0 Å². The van der Waals surface area contributed by atoms with Crippen LogP contribution in [-0.4, -0.2) is 14.9 Å². The van der Waals surface area contributed by atoms with Crippen molar-refractivity contribution in [2.45, 2.75) is 52.8 Å². The van der Waals surface area contributed by atoms with Gasteiger partial charge in [-0.1, -0.05) is 56.7 Å². The molecule has 0 unspecified atom stereocenters. The van der Waals surface area contributed by atoms with Gasteiger partial charge in [-0.3, -0.25) is 0 Å². The van der Waals surface area contributed by atoms with Crippen molar-refractivity contribution in [2.75, 3.05) is 6.61 Å². The van der Waals surface area contributed by atoms with Crippen LogP contribution in [0.5, 0.6) is 0 Å². The van der Waals surface area contributed by atoms with Crippen LogP contribution < -0.4 is 0 Å². The van der Waals surface area contributed by atoms with Gasteiger partial charge in [0, 0.05) is 0 Å². The van der Waals surface area contributed by atoms with Crippen LogP contribution in [-0.2, 0) is 4.43 Å². The van der Waals surface area contributed by atoms with E-state index in [0.717, 1.165) is 5.57 Å². The molecule has 0 aliphatic heterocycles. The van der Waals surface area contributed by atoms with Crippen molar-refractivity contribution >= 4 is 8.32 Å². The smallest absolute Gasteiger partial charge is 0.192 e. The molecule has 0 aliphatic carbocycles. The highest BCUT2D eigenvalue weighted by Gasteiger charge is 2.36. The van der Waals surface area contributed by atoms with Crippen LogP contribution in [0.25, 0.3) is 0 Å². The summed E-state index contributed by atoms with van der Waals surface area (Å²) in [5.41, 5.74) is 2.30. The number of rotatable bonds is 5. The molecular weight excluding hydrogens is 224 g/mol. The zero-order chi connectivity index (χ0) is 13.7. The fourth-order valence-corrected chi connectivity index (χ4v) is 2.09. The van der Waals surface area contributed by atoms with E-state index in [1.54, 1.807) is 0 Å². The summed E-state index contributed by atoms with van der Waals surface area (Å²) >= 11 is 0. The molecule has 0 aromatic rings. The van der Waals surface area contributed by atoms with Gasteiger partial charge in [0.2, 0.25) is 0 Å². The third-order valence-corrected chi connectivity index (χ3v) is 7.70. The van der Waals surface area contributed by atoms with Gasteiger partial charge in [0.05, 0.1) is 6.61 Å². The monoisotopic (exact) mass is 252 g/mol. The largest absolute Gasteiger partial charge is 0.413 e. The molecular formula is C15H28OSi. The van der Waals surface area contributed by atoms with E-state index in [1.807, 2.05) is 6.92 Å². The van der Waals surface area contributed by atoms with Crippen molar-refractivity contribution in [3.63, 3.8) is 0 Å². The van der Waals surface area contributed by atoms with Crippen molar-refractivity contribution in [1.82, 2.24) is 0 Å². The lowest BCUT2D eigenvalue weighted by Crippen LogP contribution is -2.40. The van der Waals surface area contributed by atoms with Crippen LogP contribution in [0.15, 0.2) is 36.0 Å². The molecule has 0 N–H and O–H groups in total. The Bertz CT molecular complexity index is 316. The minimum Gasteiger partial charge on any atom is -0.413 e. The van der Waals surface area contributed by atoms with Gasteiger partial charge in [0.1, 0.15) is 0 Å². The quantitative estimate of drug-likeness (QED) is 0.489. The Balaban J connectivity index is 4.26. The molecule has 0 radical (unpaired) electrons. The molecule has 0 atom stereocenters. The number of allylic oxidation sites excluding steroid dienone is 4. The first-order valence-electron chi connectivity index (χ1n) is 6.20. The number of hydrogen-bond donors (Lipinski definition) is 0. The van der Waals surface area contributed by atoms with Gasteiger partial charge >= 0.3 is 0 Å². The Morgan fingerprint density at radius 3 is 2.18 bits per heavy atom. The van der Waals surface area contributed by atoms with Gasteiger partial charge in [-0.25, -0.2) is 0 Å². The van der Waals surface area contributed by atoms with Gasteiger partial charge in [0.25, 0.3) is 0 Å². The molecule has 0 aromatic carbocycles. The van der Waals surface area contributed by atoms with Crippen molar-refractivity contribution in [3.05, 3.63) is 36.0 Å². The van der Waals surface area contributed by atoms with Crippen molar-refractivity contribution in [3.8, 4) is 0 Å². The van der Waals surface area contributed by atoms with E-state index in [2.05, 4.69) is 65.6 Å². The zero-order valence-electron chi connectivity index (χ0n) is 12.6. The number of hydrogen-bond acceptors (Lipinski definition) is 1. The Morgan fingerprint density at radius 2 is 1.76 bits per heavy atom. The van der Waals surface area contributed by atoms with Gasteiger partial charge < -0.3 is 4.43 Å². The van der Waals surface area contributed by atoms with Crippen molar-refractivity contribution < 1.29 is 4.43 Å². The van der Waals surface area contributed by atoms with Crippen molar-refractivity contribution in [2.24, 2.45) is 0 Å². The Labute approximate surface area is 108 Å². The van der Waals surface area contributed by atoms with Crippen LogP contribution in [0, 0.1) is 0 Å². The topological polar surface area (TPSA) is 9.23 Å². The summed E-state index contributed by atoms with van der Waals surface area (Å²) in [5, 5.41) is 0.281. The minimum atomic E-state index is -1.60. The molecule has 17 heavy (non-hydrogen) atoms. The molecule has 1 nitrogen and oxygen atoms in total. The fourth-order valence-electron chi connectivity index (χ4n) is 1.14. The predicted molar refractivity (Wildman–Crippen MR) is 80.9 cm³/mol. The summed E-state index contributed by atoms with van der Waals surface area (Å²) in [4.78, 5) is 0. The molecule has 0 spiro atoms. The predicted octanol–water partition coefficient (Wildman–Crippen LogP) is 5.09. The molecule has 0 aromatic heterocycles. The lowest BCUT2D eigenvalue weighted by Gasteiger charge is -2.35. The van der Waals surface area contributed by atoms with Gasteiger partial charge in [-0.05, 0) is 32.0 Å². The molecule has 2 heteroatoms. The van der Waals surface area contributed by atoms with Crippen LogP contribution in [0.3, 0.4) is 0 Å². The Kier molecular flexibility index (Phi) is 6.14. The Morgan fingerprint density at radius 1 is 1.24 bits per heavy atom. The lowest BCUT2D eigenvalue weighted by molar-refractivity contribution is 0.328. The molecule has 0 aliphatic rings. The summed E-state index contributed by atoms with van der Waals surface area (Å²) in [5.74, 6) is 0. The average Bonchev–Trinajstić information content (AvgIpc) is 2.09. The first-order valence-corrected chi connectivity index (χ1v) is 9.11. The van der Waals surface area contributed by atoms with Crippen molar-refractivity contribution in [1.29, 1.82) is 0 Å². The highest BCUT2D eigenvalue weighted by molar-refractivity contribution is 6.74. The van der Waals surface area contributed by atoms with Gasteiger partial charge in [-0.2, -0.15) is 0 Å². The van der Waals surface area contributed by atoms with Gasteiger partial charge in [-0.15, -0.1) is 0 Å². The highest BCUT2D eigenvalue weighted by Crippen LogP contribution is 2.36. The average molecular weight is 252 g/mol. The fraction of sp³-hybridized carbons (Fsp3) is 0.600. The Hall–Kier alpha value is -0.603. The zero-order valence-corrected chi connectivity index (χ0v) is 13.6. The molecule has 0 amide bonds. The van der Waals surface area contributed by atoms with E-state index in [9.17, 15) is 0 Å². The summed E-state index contributed by atoms with van der Waals surface area (Å²) in [6.07, 6.45) is 6.26. The summed E-state index contributed by atoms with van der Waals surface area (Å²) < 4.78 is 6.05. The first kappa shape index (κ1) is 16.4. The SMILES string of the molecule is C=C(C)/C=C(C)/C=C/CO[Si](C)(C)C(C)(C)C. The molecule has 0 heterocycles. The first-order chi connectivity index (χ1) is 7.56. The minimum absolute atomic E-state index is 0.281. The maximum absolute atomic E-state index is 6.05. The molecule has 0 bridgehead atoms. The van der Waals surface area contributed by atoms with Crippen LogP contribution in [0.2, 0.25) is 18.1 Å². The second kappa shape index (κ2) is 6.36. The van der Waals surface area contributed by atoms with Crippen LogP contribution in [0.1, 0.15) is 34.6 Å². The maximum atomic E-state index is 6.05. The summed E-state index contributed by atoms with van der Waals surface area (Å²) in [6.45, 7) is 20.0. The maximum Gasteiger partial charge on any atom is 0.192 e. The molecule has 0 fully saturated rings. The van der Waals surface area contributed by atoms with E-state index in [4.69, 9.17) is 4.43 Å². The molecule has 98 valence electrons. The third kappa shape index (κ3) is 6.64.